The van der Waals surface area contributed by atoms with E-state index in [1.165, 1.54) is 57.8 Å². The molecule has 0 heteroatoms. The predicted octanol–water partition coefficient (Wildman–Crippen LogP) is 8.54. The molecule has 0 aromatic rings. The number of unbranched alkanes of at least 4 members (excludes halogenated alkanes) is 6. The van der Waals surface area contributed by atoms with E-state index < -0.39 is 0 Å². The Hall–Kier alpha value is 0. The molecule has 2 rings (SSSR count). The smallest absolute Gasteiger partial charge is 0.0386 e. The first kappa shape index (κ1) is 20.3. The van der Waals surface area contributed by atoms with Gasteiger partial charge in [-0.05, 0) is 49.4 Å². The van der Waals surface area contributed by atoms with E-state index >= 15 is 0 Å². The zero-order chi connectivity index (χ0) is 17.0. The van der Waals surface area contributed by atoms with E-state index in [0.717, 1.165) is 23.7 Å². The van der Waals surface area contributed by atoms with Crippen molar-refractivity contribution in [3.63, 3.8) is 0 Å². The first-order valence-corrected chi connectivity index (χ1v) is 11.8. The summed E-state index contributed by atoms with van der Waals surface area (Å²) in [7, 11) is 0. The highest BCUT2D eigenvalue weighted by Crippen LogP contribution is 2.43. The van der Waals surface area contributed by atoms with Crippen molar-refractivity contribution in [2.75, 3.05) is 0 Å². The second kappa shape index (κ2) is 12.4. The van der Waals surface area contributed by atoms with Crippen molar-refractivity contribution in [2.24, 2.45) is 23.7 Å². The molecule has 0 amide bonds. The van der Waals surface area contributed by atoms with Crippen LogP contribution < -0.4 is 0 Å². The van der Waals surface area contributed by atoms with Gasteiger partial charge in [0, 0.05) is 0 Å². The SMILES string of the molecule is CCCCCCCCCC1CCC([C@H]2CC[C@H](CCC)CC2)CC1. The lowest BCUT2D eigenvalue weighted by Gasteiger charge is -2.38. The average Bonchev–Trinajstić information content (AvgIpc) is 2.62. The molecule has 2 aliphatic rings. The lowest BCUT2D eigenvalue weighted by molar-refractivity contribution is 0.140. The van der Waals surface area contributed by atoms with Crippen LogP contribution in [-0.4, -0.2) is 0 Å². The second-order valence-electron chi connectivity index (χ2n) is 9.26. The van der Waals surface area contributed by atoms with Crippen LogP contribution in [0.15, 0.2) is 0 Å². The fraction of sp³-hybridized carbons (Fsp3) is 1.00. The number of rotatable bonds is 11. The van der Waals surface area contributed by atoms with Crippen LogP contribution in [0.5, 0.6) is 0 Å². The molecule has 2 saturated carbocycles. The largest absolute Gasteiger partial charge is 0.0654 e. The molecule has 2 aliphatic carbocycles. The summed E-state index contributed by atoms with van der Waals surface area (Å²) in [5.74, 6) is 4.39. The molecule has 0 radical (unpaired) electrons. The minimum absolute atomic E-state index is 1.08. The van der Waals surface area contributed by atoms with Gasteiger partial charge >= 0.3 is 0 Å². The summed E-state index contributed by atoms with van der Waals surface area (Å²) in [5.41, 5.74) is 0. The van der Waals surface area contributed by atoms with Gasteiger partial charge in [-0.3, -0.25) is 0 Å². The third kappa shape index (κ3) is 7.49. The molecule has 0 heterocycles. The molecule has 0 unspecified atom stereocenters. The van der Waals surface area contributed by atoms with E-state index in [1.807, 2.05) is 0 Å². The third-order valence-electron chi connectivity index (χ3n) is 7.36. The number of hydrogen-bond acceptors (Lipinski definition) is 0. The normalized spacial score (nSPS) is 31.2. The Kier molecular flexibility index (Phi) is 10.5. The molecule has 0 spiro atoms. The van der Waals surface area contributed by atoms with Gasteiger partial charge in [-0.15, -0.1) is 0 Å². The van der Waals surface area contributed by atoms with E-state index in [0.29, 0.717) is 0 Å². The molecule has 0 atom stereocenters. The van der Waals surface area contributed by atoms with E-state index in [9.17, 15) is 0 Å². The lowest BCUT2D eigenvalue weighted by atomic mass is 9.68. The Morgan fingerprint density at radius 2 is 0.917 bits per heavy atom. The Morgan fingerprint density at radius 3 is 1.42 bits per heavy atom. The lowest BCUT2D eigenvalue weighted by Crippen LogP contribution is -2.25. The fourth-order valence-corrected chi connectivity index (χ4v) is 5.69. The fourth-order valence-electron chi connectivity index (χ4n) is 5.69. The number of hydrogen-bond donors (Lipinski definition) is 0. The van der Waals surface area contributed by atoms with Gasteiger partial charge < -0.3 is 0 Å². The van der Waals surface area contributed by atoms with E-state index in [2.05, 4.69) is 13.8 Å². The van der Waals surface area contributed by atoms with E-state index in [1.54, 1.807) is 57.8 Å². The average molecular weight is 335 g/mol. The zero-order valence-corrected chi connectivity index (χ0v) is 17.0. The summed E-state index contributed by atoms with van der Waals surface area (Å²) in [6.45, 7) is 4.67. The predicted molar refractivity (Wildman–Crippen MR) is 108 cm³/mol. The Bertz CT molecular complexity index is 278. The molecule has 2 fully saturated rings. The first-order valence-electron chi connectivity index (χ1n) is 11.8. The van der Waals surface area contributed by atoms with Crippen LogP contribution in [0.25, 0.3) is 0 Å². The minimum atomic E-state index is 1.08. The van der Waals surface area contributed by atoms with Gasteiger partial charge in [0.05, 0.1) is 0 Å². The van der Waals surface area contributed by atoms with Gasteiger partial charge in [-0.2, -0.15) is 0 Å². The molecule has 0 N–H and O–H groups in total. The monoisotopic (exact) mass is 334 g/mol. The van der Waals surface area contributed by atoms with E-state index in [-0.39, 0.29) is 0 Å². The molecule has 0 nitrogen and oxygen atoms in total. The molecule has 0 aromatic heterocycles. The molecule has 0 aromatic carbocycles. The standard InChI is InChI=1S/C24H46/c1-3-5-6-7-8-9-10-12-22-15-19-24(20-16-22)23-17-13-21(11-4-2)14-18-23/h21-24H,3-20H2,1-2H3/t21-,22?,23-,24?. The molecule has 0 aliphatic heterocycles. The Labute approximate surface area is 153 Å². The molecular weight excluding hydrogens is 288 g/mol. The van der Waals surface area contributed by atoms with Crippen LogP contribution in [0.4, 0.5) is 0 Å². The van der Waals surface area contributed by atoms with Crippen molar-refractivity contribution in [3.05, 3.63) is 0 Å². The van der Waals surface area contributed by atoms with Gasteiger partial charge in [0.1, 0.15) is 0 Å². The maximum atomic E-state index is 2.36. The third-order valence-corrected chi connectivity index (χ3v) is 7.36. The van der Waals surface area contributed by atoms with Crippen molar-refractivity contribution >= 4 is 0 Å². The van der Waals surface area contributed by atoms with Crippen LogP contribution in [0.1, 0.15) is 129 Å². The highest BCUT2D eigenvalue weighted by molar-refractivity contribution is 4.82. The second-order valence-corrected chi connectivity index (χ2v) is 9.26. The first-order chi connectivity index (χ1) is 11.8. The molecule has 0 bridgehead atoms. The summed E-state index contributed by atoms with van der Waals surface area (Å²) in [4.78, 5) is 0. The van der Waals surface area contributed by atoms with Crippen LogP contribution in [0.3, 0.4) is 0 Å². The van der Waals surface area contributed by atoms with Crippen LogP contribution in [0, 0.1) is 23.7 Å². The van der Waals surface area contributed by atoms with Gasteiger partial charge in [-0.25, -0.2) is 0 Å². The maximum absolute atomic E-state index is 2.36. The summed E-state index contributed by atoms with van der Waals surface area (Å²) in [6, 6.07) is 0. The van der Waals surface area contributed by atoms with Crippen molar-refractivity contribution in [3.8, 4) is 0 Å². The summed E-state index contributed by atoms with van der Waals surface area (Å²) < 4.78 is 0. The quantitative estimate of drug-likeness (QED) is 0.332. The summed E-state index contributed by atoms with van der Waals surface area (Å²) >= 11 is 0. The van der Waals surface area contributed by atoms with Gasteiger partial charge in [0.2, 0.25) is 0 Å². The molecule has 24 heavy (non-hydrogen) atoms. The van der Waals surface area contributed by atoms with Gasteiger partial charge in [0.15, 0.2) is 0 Å². The summed E-state index contributed by atoms with van der Waals surface area (Å²) in [5, 5.41) is 0. The highest BCUT2D eigenvalue weighted by Gasteiger charge is 2.30. The van der Waals surface area contributed by atoms with Crippen molar-refractivity contribution in [1.29, 1.82) is 0 Å². The molecule has 0 saturated heterocycles. The van der Waals surface area contributed by atoms with Gasteiger partial charge in [-0.1, -0.05) is 104 Å². The van der Waals surface area contributed by atoms with Crippen molar-refractivity contribution in [2.45, 2.75) is 129 Å². The molecule has 142 valence electrons. The zero-order valence-electron chi connectivity index (χ0n) is 17.0. The van der Waals surface area contributed by atoms with Crippen LogP contribution in [0.2, 0.25) is 0 Å². The van der Waals surface area contributed by atoms with Crippen LogP contribution in [-0.2, 0) is 0 Å². The van der Waals surface area contributed by atoms with Crippen molar-refractivity contribution < 1.29 is 0 Å². The maximum Gasteiger partial charge on any atom is -0.0386 e. The topological polar surface area (TPSA) is 0 Å². The highest BCUT2D eigenvalue weighted by atomic mass is 14.4. The van der Waals surface area contributed by atoms with Crippen LogP contribution >= 0.6 is 0 Å². The van der Waals surface area contributed by atoms with Crippen molar-refractivity contribution in [1.82, 2.24) is 0 Å². The Morgan fingerprint density at radius 1 is 0.458 bits per heavy atom. The molecular formula is C24H46. The Balaban J connectivity index is 1.49. The summed E-state index contributed by atoms with van der Waals surface area (Å²) in [6.07, 6.45) is 27.3. The minimum Gasteiger partial charge on any atom is -0.0654 e. The van der Waals surface area contributed by atoms with E-state index in [4.69, 9.17) is 0 Å². The van der Waals surface area contributed by atoms with Gasteiger partial charge in [0.25, 0.3) is 0 Å².